The lowest BCUT2D eigenvalue weighted by molar-refractivity contribution is 1.16. The molecule has 15 heavy (non-hydrogen) atoms. The molecule has 3 rings (SSSR count). The average Bonchev–Trinajstić information content (AvgIpc) is 2.63. The van der Waals surface area contributed by atoms with Crippen LogP contribution < -0.4 is 0 Å². The molecular weight excluding hydrogens is 222 g/mol. The molecule has 0 spiro atoms. The first-order chi connectivity index (χ1) is 7.15. The molecule has 0 fully saturated rings. The molecule has 0 aliphatic rings. The summed E-state index contributed by atoms with van der Waals surface area (Å²) in [5.41, 5.74) is 2.28. The normalized spacial score (nSPS) is 11.7. The fourth-order valence-electron chi connectivity index (χ4n) is 1.99. The maximum atomic E-state index is 4.51. The van der Waals surface area contributed by atoms with Gasteiger partial charge in [0.1, 0.15) is 0 Å². The minimum absolute atomic E-state index is 1.11. The summed E-state index contributed by atoms with van der Waals surface area (Å²) in [6.45, 7) is 6.33. The Balaban J connectivity index is 2.57. The van der Waals surface area contributed by atoms with Crippen LogP contribution in [0.3, 0.4) is 0 Å². The summed E-state index contributed by atoms with van der Waals surface area (Å²) in [5.74, 6) is 0. The van der Waals surface area contributed by atoms with Crippen LogP contribution in [-0.2, 0) is 0 Å². The van der Waals surface area contributed by atoms with Crippen molar-refractivity contribution in [2.75, 3.05) is 0 Å². The van der Waals surface area contributed by atoms with Crippen LogP contribution in [-0.4, -0.2) is 4.98 Å². The van der Waals surface area contributed by atoms with Crippen LogP contribution in [0.5, 0.6) is 0 Å². The lowest BCUT2D eigenvalue weighted by Gasteiger charge is -1.97. The molecule has 0 saturated carbocycles. The molecule has 3 aromatic rings. The molecule has 1 nitrogen and oxygen atoms in total. The van der Waals surface area contributed by atoms with E-state index < -0.39 is 0 Å². The smallest absolute Gasteiger partial charge is 0.0881 e. The molecule has 0 aliphatic carbocycles. The Kier molecular flexibility index (Phi) is 1.88. The first-order valence-electron chi connectivity index (χ1n) is 4.92. The number of hydrogen-bond acceptors (Lipinski definition) is 3. The summed E-state index contributed by atoms with van der Waals surface area (Å²) in [7, 11) is 0. The van der Waals surface area contributed by atoms with Gasteiger partial charge in [-0.1, -0.05) is 0 Å². The summed E-state index contributed by atoms with van der Waals surface area (Å²) in [5, 5.41) is 2.79. The van der Waals surface area contributed by atoms with Crippen molar-refractivity contribution < 1.29 is 0 Å². The summed E-state index contributed by atoms with van der Waals surface area (Å²) >= 11 is 3.76. The molecule has 76 valence electrons. The molecule has 0 unspecified atom stereocenters. The molecule has 3 heteroatoms. The van der Waals surface area contributed by atoms with Gasteiger partial charge in [-0.05, 0) is 32.9 Å². The van der Waals surface area contributed by atoms with E-state index in [4.69, 9.17) is 0 Å². The van der Waals surface area contributed by atoms with Crippen LogP contribution in [0.1, 0.15) is 16.3 Å². The van der Waals surface area contributed by atoms with Gasteiger partial charge in [-0.15, -0.1) is 22.7 Å². The number of aryl methyl sites for hydroxylation is 3. The van der Waals surface area contributed by atoms with E-state index in [1.807, 2.05) is 22.7 Å². The zero-order valence-corrected chi connectivity index (χ0v) is 10.6. The van der Waals surface area contributed by atoms with Gasteiger partial charge in [0, 0.05) is 21.3 Å². The lowest BCUT2D eigenvalue weighted by atomic mass is 10.2. The van der Waals surface area contributed by atoms with E-state index in [0.29, 0.717) is 0 Å². The van der Waals surface area contributed by atoms with E-state index in [9.17, 15) is 0 Å². The highest BCUT2D eigenvalue weighted by Crippen LogP contribution is 2.40. The van der Waals surface area contributed by atoms with Gasteiger partial charge in [0.25, 0.3) is 0 Å². The average molecular weight is 233 g/mol. The highest BCUT2D eigenvalue weighted by atomic mass is 32.2. The second-order valence-corrected chi connectivity index (χ2v) is 6.42. The molecule has 0 saturated heterocycles. The van der Waals surface area contributed by atoms with E-state index in [2.05, 4.69) is 37.9 Å². The van der Waals surface area contributed by atoms with Crippen molar-refractivity contribution in [2.24, 2.45) is 0 Å². The van der Waals surface area contributed by atoms with Gasteiger partial charge in [0.15, 0.2) is 0 Å². The molecule has 0 bridgehead atoms. The first-order valence-corrected chi connectivity index (χ1v) is 6.55. The molecular formula is C12H11NS2. The van der Waals surface area contributed by atoms with Crippen LogP contribution >= 0.6 is 22.7 Å². The third kappa shape index (κ3) is 1.30. The Labute approximate surface area is 96.4 Å². The van der Waals surface area contributed by atoms with Crippen molar-refractivity contribution in [1.29, 1.82) is 0 Å². The minimum atomic E-state index is 1.11. The van der Waals surface area contributed by atoms with Crippen molar-refractivity contribution in [1.82, 2.24) is 4.98 Å². The quantitative estimate of drug-likeness (QED) is 0.559. The molecule has 0 aliphatic heterocycles. The largest absolute Gasteiger partial charge is 0.257 e. The Morgan fingerprint density at radius 3 is 2.60 bits per heavy atom. The van der Waals surface area contributed by atoms with E-state index in [1.54, 1.807) is 0 Å². The number of pyridine rings is 1. The van der Waals surface area contributed by atoms with Crippen molar-refractivity contribution in [3.8, 4) is 0 Å². The second-order valence-electron chi connectivity index (χ2n) is 3.89. The van der Waals surface area contributed by atoms with E-state index >= 15 is 0 Å². The molecule has 0 radical (unpaired) electrons. The zero-order chi connectivity index (χ0) is 10.6. The number of hydrogen-bond donors (Lipinski definition) is 0. The van der Waals surface area contributed by atoms with Crippen LogP contribution in [0.25, 0.3) is 19.5 Å². The monoisotopic (exact) mass is 233 g/mol. The van der Waals surface area contributed by atoms with Gasteiger partial charge in [0.05, 0.1) is 14.4 Å². The van der Waals surface area contributed by atoms with Crippen LogP contribution in [0.4, 0.5) is 0 Å². The number of rotatable bonds is 0. The minimum Gasteiger partial charge on any atom is -0.257 e. The van der Waals surface area contributed by atoms with E-state index in [1.165, 1.54) is 24.4 Å². The maximum Gasteiger partial charge on any atom is 0.0881 e. The predicted octanol–water partition coefficient (Wildman–Crippen LogP) is 4.44. The van der Waals surface area contributed by atoms with E-state index in [-0.39, 0.29) is 0 Å². The number of aromatic nitrogens is 1. The standard InChI is InChI=1S/C12H11NS2/c1-6-4-9-10-5-7(2)14-12(10)15-11(9)8(3)13-6/h4-5H,1-3H3. The van der Waals surface area contributed by atoms with Gasteiger partial charge >= 0.3 is 0 Å². The van der Waals surface area contributed by atoms with Gasteiger partial charge < -0.3 is 0 Å². The summed E-state index contributed by atoms with van der Waals surface area (Å²) in [6.07, 6.45) is 0. The Morgan fingerprint density at radius 2 is 1.80 bits per heavy atom. The van der Waals surface area contributed by atoms with Crippen molar-refractivity contribution in [3.05, 3.63) is 28.4 Å². The fourth-order valence-corrected chi connectivity index (χ4v) is 4.49. The predicted molar refractivity (Wildman–Crippen MR) is 69.2 cm³/mol. The Hall–Kier alpha value is -0.930. The van der Waals surface area contributed by atoms with Gasteiger partial charge in [0.2, 0.25) is 0 Å². The van der Waals surface area contributed by atoms with Crippen LogP contribution in [0.15, 0.2) is 12.1 Å². The molecule has 0 aromatic carbocycles. The zero-order valence-electron chi connectivity index (χ0n) is 8.92. The molecule has 0 amide bonds. The number of nitrogens with zero attached hydrogens (tertiary/aromatic N) is 1. The summed E-state index contributed by atoms with van der Waals surface area (Å²) in [6, 6.07) is 4.49. The maximum absolute atomic E-state index is 4.51. The van der Waals surface area contributed by atoms with Crippen molar-refractivity contribution >= 4 is 42.2 Å². The molecule has 0 N–H and O–H groups in total. The van der Waals surface area contributed by atoms with Gasteiger partial charge in [-0.25, -0.2) is 0 Å². The fraction of sp³-hybridized carbons (Fsp3) is 0.250. The van der Waals surface area contributed by atoms with Gasteiger partial charge in [-0.3, -0.25) is 4.98 Å². The van der Waals surface area contributed by atoms with Crippen molar-refractivity contribution in [2.45, 2.75) is 20.8 Å². The number of thiophene rings is 2. The molecule has 3 heterocycles. The molecule has 0 atom stereocenters. The highest BCUT2D eigenvalue weighted by Gasteiger charge is 2.10. The third-order valence-corrected chi connectivity index (χ3v) is 5.05. The topological polar surface area (TPSA) is 12.9 Å². The first kappa shape index (κ1) is 9.31. The third-order valence-electron chi connectivity index (χ3n) is 2.58. The van der Waals surface area contributed by atoms with Crippen LogP contribution in [0.2, 0.25) is 0 Å². The summed E-state index contributed by atoms with van der Waals surface area (Å²) < 4.78 is 2.78. The highest BCUT2D eigenvalue weighted by molar-refractivity contribution is 7.41. The van der Waals surface area contributed by atoms with E-state index in [0.717, 1.165) is 11.4 Å². The SMILES string of the molecule is Cc1cc2c(sc3sc(C)cc32)c(C)n1. The van der Waals surface area contributed by atoms with Crippen LogP contribution in [0, 0.1) is 20.8 Å². The lowest BCUT2D eigenvalue weighted by Crippen LogP contribution is -1.84. The van der Waals surface area contributed by atoms with Crippen molar-refractivity contribution in [3.63, 3.8) is 0 Å². The number of fused-ring (bicyclic) bond motifs is 3. The Morgan fingerprint density at radius 1 is 1.00 bits per heavy atom. The Bertz CT molecular complexity index is 661. The van der Waals surface area contributed by atoms with Gasteiger partial charge in [-0.2, -0.15) is 0 Å². The summed E-state index contributed by atoms with van der Waals surface area (Å²) in [4.78, 5) is 5.91. The second kappa shape index (κ2) is 3.03. The molecule has 3 aromatic heterocycles.